The molecule has 0 fully saturated rings. The minimum Gasteiger partial charge on any atom is -0.494 e. The van der Waals surface area contributed by atoms with Crippen LogP contribution >= 0.6 is 11.6 Å². The van der Waals surface area contributed by atoms with E-state index in [9.17, 15) is 4.79 Å². The van der Waals surface area contributed by atoms with Crippen LogP contribution in [-0.2, 0) is 0 Å². The molecule has 164 valence electrons. The Hall–Kier alpha value is -3.31. The highest BCUT2D eigenvalue weighted by atomic mass is 35.5. The largest absolute Gasteiger partial charge is 0.494 e. The Balaban J connectivity index is 1.61. The van der Waals surface area contributed by atoms with Gasteiger partial charge in [0.2, 0.25) is 5.89 Å². The van der Waals surface area contributed by atoms with Crippen LogP contribution in [0.5, 0.6) is 5.75 Å². The quantitative estimate of drug-likeness (QED) is 0.322. The Morgan fingerprint density at radius 3 is 2.75 bits per heavy atom. The second kappa shape index (κ2) is 9.45. The molecule has 0 unspecified atom stereocenters. The van der Waals surface area contributed by atoms with Crippen molar-refractivity contribution in [2.45, 2.75) is 33.1 Å². The van der Waals surface area contributed by atoms with Crippen LogP contribution in [0.25, 0.3) is 22.6 Å². The third-order valence-corrected chi connectivity index (χ3v) is 5.79. The summed E-state index contributed by atoms with van der Waals surface area (Å²) in [6.45, 7) is 6.79. The molecule has 4 rings (SSSR count). The van der Waals surface area contributed by atoms with Crippen molar-refractivity contribution in [3.63, 3.8) is 0 Å². The van der Waals surface area contributed by atoms with E-state index in [0.717, 1.165) is 23.1 Å². The molecule has 6 heteroatoms. The molecule has 5 nitrogen and oxygen atoms in total. The molecule has 0 radical (unpaired) electrons. The predicted octanol–water partition coefficient (Wildman–Crippen LogP) is 7.31. The first-order chi connectivity index (χ1) is 15.5. The van der Waals surface area contributed by atoms with E-state index in [1.807, 2.05) is 25.1 Å². The fourth-order valence-electron chi connectivity index (χ4n) is 3.45. The summed E-state index contributed by atoms with van der Waals surface area (Å²) in [7, 11) is 0. The molecule has 0 spiro atoms. The van der Waals surface area contributed by atoms with Crippen molar-refractivity contribution >= 4 is 34.3 Å². The van der Waals surface area contributed by atoms with Gasteiger partial charge in [0.05, 0.1) is 17.3 Å². The number of anilines is 1. The van der Waals surface area contributed by atoms with Gasteiger partial charge in [0.15, 0.2) is 5.58 Å². The fraction of sp³-hybridized carbons (Fsp3) is 0.231. The van der Waals surface area contributed by atoms with E-state index >= 15 is 0 Å². The molecule has 1 atom stereocenters. The lowest BCUT2D eigenvalue weighted by Crippen LogP contribution is -2.12. The van der Waals surface area contributed by atoms with Crippen molar-refractivity contribution in [2.24, 2.45) is 0 Å². The summed E-state index contributed by atoms with van der Waals surface area (Å²) < 4.78 is 11.4. The second-order valence-corrected chi connectivity index (χ2v) is 8.07. The molecule has 1 heterocycles. The summed E-state index contributed by atoms with van der Waals surface area (Å²) in [4.78, 5) is 17.4. The number of ether oxygens (including phenoxy) is 1. The van der Waals surface area contributed by atoms with Crippen molar-refractivity contribution in [1.29, 1.82) is 0 Å². The Morgan fingerprint density at radius 2 is 1.97 bits per heavy atom. The maximum atomic E-state index is 12.8. The molecule has 1 N–H and O–H groups in total. The number of hydrogen-bond acceptors (Lipinski definition) is 4. The van der Waals surface area contributed by atoms with Gasteiger partial charge in [0.1, 0.15) is 11.3 Å². The minimum absolute atomic E-state index is 0.277. The number of rotatable bonds is 7. The normalized spacial score (nSPS) is 12.0. The van der Waals surface area contributed by atoms with Gasteiger partial charge in [-0.15, -0.1) is 0 Å². The van der Waals surface area contributed by atoms with E-state index in [0.29, 0.717) is 40.4 Å². The smallest absolute Gasteiger partial charge is 0.255 e. The van der Waals surface area contributed by atoms with Crippen molar-refractivity contribution in [3.8, 4) is 17.2 Å². The molecule has 0 saturated heterocycles. The van der Waals surface area contributed by atoms with Crippen LogP contribution in [0.15, 0.2) is 65.1 Å². The molecule has 32 heavy (non-hydrogen) atoms. The Bertz CT molecular complexity index is 1270. The summed E-state index contributed by atoms with van der Waals surface area (Å²) >= 11 is 6.36. The standard InChI is InChI=1S/C26H25ClN2O3/c1-4-16(3)17-10-12-24-23(14-17)29-26(32-24)19-9-11-21(27)22(15-19)28-25(30)18-7-6-8-20(13-18)31-5-2/h6-16H,4-5H2,1-3H3,(H,28,30)/t16-/m1/s1. The maximum absolute atomic E-state index is 12.8. The number of halogens is 1. The van der Waals surface area contributed by atoms with Gasteiger partial charge in [0.25, 0.3) is 5.91 Å². The second-order valence-electron chi connectivity index (χ2n) is 7.67. The first kappa shape index (κ1) is 21.9. The molecule has 0 saturated carbocycles. The average molecular weight is 449 g/mol. The molecule has 3 aromatic carbocycles. The zero-order valence-corrected chi connectivity index (χ0v) is 19.1. The number of carbonyl (C=O) groups excluding carboxylic acids is 1. The van der Waals surface area contributed by atoms with Gasteiger partial charge >= 0.3 is 0 Å². The third kappa shape index (κ3) is 4.63. The van der Waals surface area contributed by atoms with E-state index in [1.165, 1.54) is 5.56 Å². The molecule has 0 aliphatic heterocycles. The number of amides is 1. The molecular formula is C26H25ClN2O3. The highest BCUT2D eigenvalue weighted by Gasteiger charge is 2.15. The Morgan fingerprint density at radius 1 is 1.12 bits per heavy atom. The predicted molar refractivity (Wildman–Crippen MR) is 129 cm³/mol. The minimum atomic E-state index is -0.277. The van der Waals surface area contributed by atoms with Crippen molar-refractivity contribution in [2.75, 3.05) is 11.9 Å². The lowest BCUT2D eigenvalue weighted by atomic mass is 9.98. The zero-order valence-electron chi connectivity index (χ0n) is 18.3. The van der Waals surface area contributed by atoms with Crippen LogP contribution in [0.4, 0.5) is 5.69 Å². The summed E-state index contributed by atoms with van der Waals surface area (Å²) in [5.74, 6) is 1.30. The Kier molecular flexibility index (Phi) is 6.47. The summed E-state index contributed by atoms with van der Waals surface area (Å²) in [5.41, 5.74) is 4.47. The van der Waals surface area contributed by atoms with Gasteiger partial charge in [-0.1, -0.05) is 37.6 Å². The molecule has 0 aliphatic rings. The topological polar surface area (TPSA) is 64.4 Å². The summed E-state index contributed by atoms with van der Waals surface area (Å²) in [6, 6.07) is 18.5. The van der Waals surface area contributed by atoms with E-state index in [1.54, 1.807) is 30.3 Å². The van der Waals surface area contributed by atoms with E-state index in [4.69, 9.17) is 20.8 Å². The first-order valence-electron chi connectivity index (χ1n) is 10.7. The fourth-order valence-corrected chi connectivity index (χ4v) is 3.62. The number of oxazole rings is 1. The molecule has 1 aromatic heterocycles. The van der Waals surface area contributed by atoms with Gasteiger partial charge in [-0.25, -0.2) is 4.98 Å². The highest BCUT2D eigenvalue weighted by Crippen LogP contribution is 2.32. The highest BCUT2D eigenvalue weighted by molar-refractivity contribution is 6.34. The number of fused-ring (bicyclic) bond motifs is 1. The van der Waals surface area contributed by atoms with Gasteiger partial charge in [-0.3, -0.25) is 4.79 Å². The van der Waals surface area contributed by atoms with Crippen LogP contribution < -0.4 is 10.1 Å². The molecule has 0 bridgehead atoms. The first-order valence-corrected chi connectivity index (χ1v) is 11.1. The van der Waals surface area contributed by atoms with Gasteiger partial charge in [-0.05, 0) is 73.4 Å². The van der Waals surface area contributed by atoms with Gasteiger partial charge in [-0.2, -0.15) is 0 Å². The lowest BCUT2D eigenvalue weighted by Gasteiger charge is -2.10. The number of nitrogens with zero attached hydrogens (tertiary/aromatic N) is 1. The van der Waals surface area contributed by atoms with Crippen LogP contribution in [0.1, 0.15) is 49.0 Å². The summed E-state index contributed by atoms with van der Waals surface area (Å²) in [5, 5.41) is 3.30. The van der Waals surface area contributed by atoms with E-state index in [-0.39, 0.29) is 5.91 Å². The maximum Gasteiger partial charge on any atom is 0.255 e. The van der Waals surface area contributed by atoms with Crippen molar-refractivity contribution in [1.82, 2.24) is 4.98 Å². The third-order valence-electron chi connectivity index (χ3n) is 5.46. The number of nitrogens with one attached hydrogen (secondary N) is 1. The van der Waals surface area contributed by atoms with Gasteiger partial charge < -0.3 is 14.5 Å². The molecule has 0 aliphatic carbocycles. The van der Waals surface area contributed by atoms with Crippen molar-refractivity contribution < 1.29 is 13.9 Å². The average Bonchev–Trinajstić information content (AvgIpc) is 3.23. The van der Waals surface area contributed by atoms with Crippen LogP contribution in [0.2, 0.25) is 5.02 Å². The summed E-state index contributed by atoms with van der Waals surface area (Å²) in [6.07, 6.45) is 1.06. The zero-order chi connectivity index (χ0) is 22.7. The van der Waals surface area contributed by atoms with Crippen LogP contribution in [-0.4, -0.2) is 17.5 Å². The van der Waals surface area contributed by atoms with Crippen molar-refractivity contribution in [3.05, 3.63) is 76.8 Å². The SMILES string of the molecule is CCOc1cccc(C(=O)Nc2cc(-c3nc4cc([C@H](C)CC)ccc4o3)ccc2Cl)c1. The van der Waals surface area contributed by atoms with Crippen LogP contribution in [0, 0.1) is 0 Å². The number of carbonyl (C=O) groups is 1. The Labute approximate surface area is 192 Å². The van der Waals surface area contributed by atoms with E-state index in [2.05, 4.69) is 36.3 Å². The number of hydrogen-bond donors (Lipinski definition) is 1. The van der Waals surface area contributed by atoms with Crippen LogP contribution in [0.3, 0.4) is 0 Å². The number of aromatic nitrogens is 1. The monoisotopic (exact) mass is 448 g/mol. The molecular weight excluding hydrogens is 424 g/mol. The molecule has 1 amide bonds. The molecule has 4 aromatic rings. The van der Waals surface area contributed by atoms with E-state index < -0.39 is 0 Å². The number of benzene rings is 3. The lowest BCUT2D eigenvalue weighted by molar-refractivity contribution is 0.102. The van der Waals surface area contributed by atoms with Gasteiger partial charge in [0, 0.05) is 11.1 Å².